The quantitative estimate of drug-likeness (QED) is 0.450. The number of benzene rings is 3. The average Bonchev–Trinajstić information content (AvgIpc) is 3.07. The predicted octanol–water partition coefficient (Wildman–Crippen LogP) is 3.75. The summed E-state index contributed by atoms with van der Waals surface area (Å²) in [6.07, 6.45) is 0.113. The largest absolute Gasteiger partial charge is 0.481 e. The number of esters is 1. The van der Waals surface area contributed by atoms with Gasteiger partial charge in [0.1, 0.15) is 12.4 Å². The summed E-state index contributed by atoms with van der Waals surface area (Å²) in [7, 11) is 0. The molecule has 0 radical (unpaired) electrons. The van der Waals surface area contributed by atoms with Crippen molar-refractivity contribution in [1.29, 1.82) is 0 Å². The minimum Gasteiger partial charge on any atom is -0.481 e. The fraction of sp³-hybridized carbons (Fsp3) is 0.200. The van der Waals surface area contributed by atoms with E-state index in [1.165, 1.54) is 24.3 Å². The molecule has 4 rings (SSSR count). The minimum absolute atomic E-state index is 0.0277. The van der Waals surface area contributed by atoms with Gasteiger partial charge in [-0.25, -0.2) is 4.39 Å². The van der Waals surface area contributed by atoms with Crippen LogP contribution in [0.4, 0.5) is 4.39 Å². The monoisotopic (exact) mass is 419 g/mol. The first-order chi connectivity index (χ1) is 15.0. The molecule has 5 nitrogen and oxygen atoms in total. The highest BCUT2D eigenvalue weighted by molar-refractivity contribution is 5.95. The van der Waals surface area contributed by atoms with Gasteiger partial charge < -0.3 is 15.6 Å². The average molecular weight is 419 g/mol. The van der Waals surface area contributed by atoms with E-state index in [1.807, 2.05) is 48.5 Å². The lowest BCUT2D eigenvalue weighted by Crippen LogP contribution is -2.43. The van der Waals surface area contributed by atoms with Crippen LogP contribution in [0.2, 0.25) is 0 Å². The van der Waals surface area contributed by atoms with Crippen molar-refractivity contribution in [3.8, 4) is 11.1 Å². The highest BCUT2D eigenvalue weighted by Crippen LogP contribution is 2.44. The van der Waals surface area contributed by atoms with Crippen LogP contribution < -0.4 is 5.73 Å². The third kappa shape index (κ3) is 4.20. The summed E-state index contributed by atoms with van der Waals surface area (Å²) in [6.45, 7) is 0.0277. The van der Waals surface area contributed by atoms with Gasteiger partial charge in [0.15, 0.2) is 5.92 Å². The van der Waals surface area contributed by atoms with Crippen LogP contribution in [0.25, 0.3) is 11.1 Å². The van der Waals surface area contributed by atoms with Crippen LogP contribution in [0.5, 0.6) is 0 Å². The number of carboxylic acid groups (broad SMARTS) is 1. The molecule has 3 aromatic carbocycles. The molecule has 158 valence electrons. The first-order valence-corrected chi connectivity index (χ1v) is 10.0. The normalized spacial score (nSPS) is 14.4. The zero-order valence-electron chi connectivity index (χ0n) is 16.7. The first kappa shape index (κ1) is 20.8. The molecule has 1 unspecified atom stereocenters. The Hall–Kier alpha value is -3.51. The third-order valence-corrected chi connectivity index (χ3v) is 5.69. The molecule has 0 spiro atoms. The number of hydrogen-bond donors (Lipinski definition) is 2. The Morgan fingerprint density at radius 1 is 0.935 bits per heavy atom. The molecule has 3 N–H and O–H groups in total. The van der Waals surface area contributed by atoms with Crippen LogP contribution in [-0.4, -0.2) is 29.7 Å². The number of rotatable bonds is 7. The summed E-state index contributed by atoms with van der Waals surface area (Å²) >= 11 is 0. The van der Waals surface area contributed by atoms with E-state index in [4.69, 9.17) is 10.5 Å². The number of hydrogen-bond acceptors (Lipinski definition) is 4. The SMILES string of the molecule is NC(Cc1ccc(F)cc1)[C@@H](C(=O)O)C(=O)OCC1c2ccccc2-c2ccccc21. The smallest absolute Gasteiger partial charge is 0.321 e. The number of ether oxygens (including phenoxy) is 1. The lowest BCUT2D eigenvalue weighted by atomic mass is 9.94. The molecule has 31 heavy (non-hydrogen) atoms. The Kier molecular flexibility index (Phi) is 5.82. The van der Waals surface area contributed by atoms with Crippen molar-refractivity contribution in [2.75, 3.05) is 6.61 Å². The lowest BCUT2D eigenvalue weighted by molar-refractivity contribution is -0.159. The van der Waals surface area contributed by atoms with Gasteiger partial charge in [0, 0.05) is 12.0 Å². The van der Waals surface area contributed by atoms with E-state index in [1.54, 1.807) is 0 Å². The van der Waals surface area contributed by atoms with E-state index < -0.39 is 29.7 Å². The van der Waals surface area contributed by atoms with Crippen molar-refractivity contribution >= 4 is 11.9 Å². The maximum Gasteiger partial charge on any atom is 0.321 e. The zero-order valence-corrected chi connectivity index (χ0v) is 16.7. The molecule has 2 atom stereocenters. The summed E-state index contributed by atoms with van der Waals surface area (Å²) in [5, 5.41) is 9.60. The fourth-order valence-electron chi connectivity index (χ4n) is 4.16. The summed E-state index contributed by atoms with van der Waals surface area (Å²) in [5.74, 6) is -4.30. The van der Waals surface area contributed by atoms with E-state index in [0.29, 0.717) is 5.56 Å². The van der Waals surface area contributed by atoms with Crippen molar-refractivity contribution in [2.24, 2.45) is 11.7 Å². The van der Waals surface area contributed by atoms with Gasteiger partial charge in [0.05, 0.1) is 0 Å². The van der Waals surface area contributed by atoms with Gasteiger partial charge in [-0.05, 0) is 46.4 Å². The van der Waals surface area contributed by atoms with Gasteiger partial charge in [0.2, 0.25) is 0 Å². The predicted molar refractivity (Wildman–Crippen MR) is 114 cm³/mol. The van der Waals surface area contributed by atoms with Gasteiger partial charge in [0.25, 0.3) is 0 Å². The maximum absolute atomic E-state index is 13.1. The second-order valence-corrected chi connectivity index (χ2v) is 7.67. The van der Waals surface area contributed by atoms with Crippen molar-refractivity contribution < 1.29 is 23.8 Å². The van der Waals surface area contributed by atoms with E-state index >= 15 is 0 Å². The van der Waals surface area contributed by atoms with Crippen LogP contribution in [0, 0.1) is 11.7 Å². The number of halogens is 1. The molecule has 0 amide bonds. The Bertz CT molecular complexity index is 1070. The first-order valence-electron chi connectivity index (χ1n) is 10.0. The Balaban J connectivity index is 1.49. The molecule has 1 aliphatic rings. The van der Waals surface area contributed by atoms with Gasteiger partial charge in [-0.3, -0.25) is 9.59 Å². The number of carbonyl (C=O) groups is 2. The number of aliphatic carboxylic acids is 1. The number of carboxylic acids is 1. The summed E-state index contributed by atoms with van der Waals surface area (Å²) in [4.78, 5) is 24.5. The van der Waals surface area contributed by atoms with Crippen LogP contribution in [0.1, 0.15) is 22.6 Å². The van der Waals surface area contributed by atoms with Crippen LogP contribution in [0.15, 0.2) is 72.8 Å². The van der Waals surface area contributed by atoms with E-state index in [2.05, 4.69) is 0 Å². The van der Waals surface area contributed by atoms with Gasteiger partial charge in [-0.2, -0.15) is 0 Å². The molecule has 0 aromatic heterocycles. The third-order valence-electron chi connectivity index (χ3n) is 5.69. The topological polar surface area (TPSA) is 89.6 Å². The summed E-state index contributed by atoms with van der Waals surface area (Å²) in [5.41, 5.74) is 10.9. The highest BCUT2D eigenvalue weighted by Gasteiger charge is 2.36. The number of nitrogens with two attached hydrogens (primary N) is 1. The van der Waals surface area contributed by atoms with E-state index in [9.17, 15) is 19.1 Å². The highest BCUT2D eigenvalue weighted by atomic mass is 19.1. The second-order valence-electron chi connectivity index (χ2n) is 7.67. The Morgan fingerprint density at radius 2 is 1.48 bits per heavy atom. The molecule has 0 fully saturated rings. The van der Waals surface area contributed by atoms with Crippen molar-refractivity contribution in [3.05, 3.63) is 95.3 Å². The second kappa shape index (κ2) is 8.70. The molecular weight excluding hydrogens is 397 g/mol. The molecule has 0 aliphatic heterocycles. The minimum atomic E-state index is -1.52. The molecule has 0 saturated heterocycles. The molecule has 3 aromatic rings. The zero-order chi connectivity index (χ0) is 22.0. The van der Waals surface area contributed by atoms with Gasteiger partial charge in [-0.1, -0.05) is 60.7 Å². The number of fused-ring (bicyclic) bond motifs is 3. The van der Waals surface area contributed by atoms with Crippen molar-refractivity contribution in [3.63, 3.8) is 0 Å². The molecule has 0 bridgehead atoms. The van der Waals surface area contributed by atoms with Crippen molar-refractivity contribution in [2.45, 2.75) is 18.4 Å². The Morgan fingerprint density at radius 3 is 2.03 bits per heavy atom. The Labute approximate surface area is 179 Å². The molecule has 0 saturated carbocycles. The van der Waals surface area contributed by atoms with Crippen LogP contribution in [0.3, 0.4) is 0 Å². The fourth-order valence-corrected chi connectivity index (χ4v) is 4.16. The molecule has 1 aliphatic carbocycles. The van der Waals surface area contributed by atoms with Gasteiger partial charge >= 0.3 is 11.9 Å². The van der Waals surface area contributed by atoms with E-state index in [-0.39, 0.29) is 18.9 Å². The van der Waals surface area contributed by atoms with E-state index in [0.717, 1.165) is 22.3 Å². The lowest BCUT2D eigenvalue weighted by Gasteiger charge is -2.21. The number of carbonyl (C=O) groups excluding carboxylic acids is 1. The van der Waals surface area contributed by atoms with Crippen LogP contribution >= 0.6 is 0 Å². The molecule has 6 heteroatoms. The van der Waals surface area contributed by atoms with Crippen LogP contribution in [-0.2, 0) is 20.7 Å². The standard InChI is InChI=1S/C25H22FNO4/c26-16-11-9-15(10-12-16)13-22(27)23(24(28)29)25(30)31-14-21-19-7-3-1-5-17(19)18-6-2-4-8-20(18)21/h1-12,21-23H,13-14,27H2,(H,28,29)/t22?,23-/m0/s1. The molecule has 0 heterocycles. The summed E-state index contributed by atoms with van der Waals surface area (Å²) < 4.78 is 18.6. The maximum atomic E-state index is 13.1. The summed E-state index contributed by atoms with van der Waals surface area (Å²) in [6, 6.07) is 20.4. The van der Waals surface area contributed by atoms with Crippen molar-refractivity contribution in [1.82, 2.24) is 0 Å². The van der Waals surface area contributed by atoms with Gasteiger partial charge in [-0.15, -0.1) is 0 Å². The molecular formula is C25H22FNO4.